The summed E-state index contributed by atoms with van der Waals surface area (Å²) in [5.41, 5.74) is 2.87. The van der Waals surface area contributed by atoms with Crippen LogP contribution in [0.15, 0.2) is 76.4 Å². The number of aliphatic hydroxyl groups excluding tert-OH is 1. The first-order valence-corrected chi connectivity index (χ1v) is 10.3. The zero-order valence-electron chi connectivity index (χ0n) is 17.7. The molecule has 2 aromatic carbocycles. The molecule has 2 heterocycles. The molecule has 0 saturated heterocycles. The van der Waals surface area contributed by atoms with E-state index >= 15 is 0 Å². The summed E-state index contributed by atoms with van der Waals surface area (Å²) >= 11 is 0. The first kappa shape index (κ1) is 21.4. The quantitative estimate of drug-likeness (QED) is 0.455. The summed E-state index contributed by atoms with van der Waals surface area (Å²) in [6.07, 6.45) is 1.94. The highest BCUT2D eigenvalue weighted by atomic mass is 16.3. The molecule has 0 aliphatic rings. The second-order valence-corrected chi connectivity index (χ2v) is 7.70. The maximum atomic E-state index is 13.3. The number of hydrogen-bond acceptors (Lipinski definition) is 5. The number of ketones is 1. The Morgan fingerprint density at radius 1 is 1.00 bits per heavy atom. The second-order valence-electron chi connectivity index (χ2n) is 7.70. The second kappa shape index (κ2) is 9.11. The fourth-order valence-electron chi connectivity index (χ4n) is 3.77. The fraction of sp³-hybridized carbons (Fsp3) is 0.200. The summed E-state index contributed by atoms with van der Waals surface area (Å²) in [5, 5.41) is 9.46. The van der Waals surface area contributed by atoms with Crippen molar-refractivity contribution in [2.45, 2.75) is 26.4 Å². The molecule has 0 fully saturated rings. The Morgan fingerprint density at radius 3 is 2.53 bits per heavy atom. The molecule has 7 nitrogen and oxygen atoms in total. The third kappa shape index (κ3) is 4.29. The van der Waals surface area contributed by atoms with E-state index in [9.17, 15) is 14.4 Å². The lowest BCUT2D eigenvalue weighted by atomic mass is 10.1. The summed E-state index contributed by atoms with van der Waals surface area (Å²) < 4.78 is 2.80. The molecule has 0 radical (unpaired) electrons. The molecule has 7 heteroatoms. The van der Waals surface area contributed by atoms with Crippen molar-refractivity contribution in [3.8, 4) is 0 Å². The van der Waals surface area contributed by atoms with E-state index < -0.39 is 18.1 Å². The van der Waals surface area contributed by atoms with Gasteiger partial charge in [0.15, 0.2) is 5.78 Å². The number of aromatic nitrogens is 3. The maximum Gasteiger partial charge on any atom is 0.331 e. The molecule has 4 aromatic rings. The van der Waals surface area contributed by atoms with Crippen molar-refractivity contribution in [3.05, 3.63) is 110 Å². The van der Waals surface area contributed by atoms with E-state index in [2.05, 4.69) is 4.98 Å². The largest absolute Gasteiger partial charge is 0.388 e. The smallest absolute Gasteiger partial charge is 0.331 e. The molecule has 1 N–H and O–H groups in total. The van der Waals surface area contributed by atoms with Crippen molar-refractivity contribution in [1.29, 1.82) is 0 Å². The molecule has 4 rings (SSSR count). The number of aliphatic hydroxyl groups is 1. The van der Waals surface area contributed by atoms with Crippen LogP contribution in [0.1, 0.15) is 27.2 Å². The number of rotatable bonds is 7. The zero-order valence-corrected chi connectivity index (χ0v) is 17.7. The Hall–Kier alpha value is -3.84. The number of benzene rings is 2. The highest BCUT2D eigenvalue weighted by molar-refractivity contribution is 5.96. The number of hydrogen-bond donors (Lipinski definition) is 1. The first-order valence-electron chi connectivity index (χ1n) is 10.3. The minimum Gasteiger partial charge on any atom is -0.388 e. The van der Waals surface area contributed by atoms with E-state index in [1.165, 1.54) is 15.3 Å². The van der Waals surface area contributed by atoms with E-state index in [4.69, 9.17) is 5.11 Å². The minimum absolute atomic E-state index is 0.150. The van der Waals surface area contributed by atoms with Gasteiger partial charge in [0, 0.05) is 18.3 Å². The average molecular weight is 429 g/mol. The topological polar surface area (TPSA) is 94.2 Å². The number of Topliss-reactive ketones (excluding diaryl/α,β-unsaturated/α-hetero) is 1. The highest BCUT2D eigenvalue weighted by Crippen LogP contribution is 2.11. The lowest BCUT2D eigenvalue weighted by Gasteiger charge is -2.14. The summed E-state index contributed by atoms with van der Waals surface area (Å²) in [5.74, 6) is -0.420. The number of para-hydroxylation sites is 1. The van der Waals surface area contributed by atoms with Crippen LogP contribution in [0.4, 0.5) is 0 Å². The van der Waals surface area contributed by atoms with E-state index in [-0.39, 0.29) is 18.6 Å². The molecule has 162 valence electrons. The Morgan fingerprint density at radius 2 is 1.81 bits per heavy atom. The molecule has 0 aliphatic heterocycles. The first-order chi connectivity index (χ1) is 15.5. The summed E-state index contributed by atoms with van der Waals surface area (Å²) in [7, 11) is 0. The van der Waals surface area contributed by atoms with Crippen LogP contribution < -0.4 is 11.2 Å². The Kier molecular flexibility index (Phi) is 6.09. The highest BCUT2D eigenvalue weighted by Gasteiger charge is 2.14. The van der Waals surface area contributed by atoms with E-state index in [0.717, 1.165) is 11.1 Å². The number of fused-ring (bicyclic) bond motifs is 1. The number of aryl methyl sites for hydroxylation is 2. The van der Waals surface area contributed by atoms with Crippen LogP contribution >= 0.6 is 0 Å². The monoisotopic (exact) mass is 429 g/mol. The summed E-state index contributed by atoms with van der Waals surface area (Å²) in [4.78, 5) is 42.3. The molecule has 0 unspecified atom stereocenters. The lowest BCUT2D eigenvalue weighted by molar-refractivity contribution is 0.0903. The van der Waals surface area contributed by atoms with E-state index in [1.807, 2.05) is 31.2 Å². The van der Waals surface area contributed by atoms with Gasteiger partial charge in [0.2, 0.25) is 0 Å². The standard InChI is InChI=1S/C25H23N3O4/c1-17-5-4-6-18(13-17)11-12-27-24(31)21-7-2-3-8-22(21)28(25(27)32)15-20-10-9-19(14-26-20)23(30)16-29/h2-10,13-14,29H,11-12,15-16H2,1H3. The Balaban J connectivity index is 1.74. The van der Waals surface area contributed by atoms with E-state index in [0.29, 0.717) is 28.6 Å². The SMILES string of the molecule is Cc1cccc(CCn2c(=O)c3ccccc3n(Cc3ccc(C(=O)CO)cn3)c2=O)c1. The van der Waals surface area contributed by atoms with Gasteiger partial charge in [0.05, 0.1) is 23.1 Å². The van der Waals surface area contributed by atoms with Crippen LogP contribution in [0, 0.1) is 6.92 Å². The normalized spacial score (nSPS) is 11.1. The van der Waals surface area contributed by atoms with Crippen molar-refractivity contribution in [1.82, 2.24) is 14.1 Å². The summed E-state index contributed by atoms with van der Waals surface area (Å²) in [6, 6.07) is 18.2. The van der Waals surface area contributed by atoms with Crippen LogP contribution in [0.2, 0.25) is 0 Å². The predicted molar refractivity (Wildman–Crippen MR) is 122 cm³/mol. The van der Waals surface area contributed by atoms with Crippen LogP contribution in [-0.2, 0) is 19.5 Å². The van der Waals surface area contributed by atoms with Gasteiger partial charge in [0.25, 0.3) is 5.56 Å². The van der Waals surface area contributed by atoms with Crippen LogP contribution in [0.5, 0.6) is 0 Å². The molecule has 0 atom stereocenters. The van der Waals surface area contributed by atoms with Crippen LogP contribution in [0.25, 0.3) is 10.9 Å². The molecular weight excluding hydrogens is 406 g/mol. The van der Waals surface area contributed by atoms with Gasteiger partial charge in [-0.05, 0) is 43.2 Å². The minimum atomic E-state index is -0.586. The van der Waals surface area contributed by atoms with Gasteiger partial charge in [-0.25, -0.2) is 4.79 Å². The molecule has 0 bridgehead atoms. The number of pyridine rings is 1. The van der Waals surface area contributed by atoms with Crippen LogP contribution in [-0.4, -0.2) is 31.6 Å². The lowest BCUT2D eigenvalue weighted by Crippen LogP contribution is -2.40. The molecule has 2 aromatic heterocycles. The molecule has 0 saturated carbocycles. The zero-order chi connectivity index (χ0) is 22.7. The van der Waals surface area contributed by atoms with Gasteiger partial charge in [0.1, 0.15) is 6.61 Å². The molecular formula is C25H23N3O4. The van der Waals surface area contributed by atoms with Crippen molar-refractivity contribution in [3.63, 3.8) is 0 Å². The van der Waals surface area contributed by atoms with Gasteiger partial charge < -0.3 is 5.11 Å². The Bertz CT molecular complexity index is 1400. The van der Waals surface area contributed by atoms with E-state index in [1.54, 1.807) is 36.4 Å². The van der Waals surface area contributed by atoms with Gasteiger partial charge in [-0.1, -0.05) is 42.0 Å². The number of nitrogens with zero attached hydrogens (tertiary/aromatic N) is 3. The molecule has 0 spiro atoms. The number of carbonyl (C=O) groups is 1. The van der Waals surface area contributed by atoms with Gasteiger partial charge in [-0.2, -0.15) is 0 Å². The Labute approximate surface area is 184 Å². The van der Waals surface area contributed by atoms with Crippen molar-refractivity contribution in [2.24, 2.45) is 0 Å². The van der Waals surface area contributed by atoms with Gasteiger partial charge in [-0.15, -0.1) is 0 Å². The van der Waals surface area contributed by atoms with Gasteiger partial charge >= 0.3 is 5.69 Å². The van der Waals surface area contributed by atoms with Crippen molar-refractivity contribution < 1.29 is 9.90 Å². The fourth-order valence-corrected chi connectivity index (χ4v) is 3.77. The third-order valence-corrected chi connectivity index (χ3v) is 5.45. The third-order valence-electron chi connectivity index (χ3n) is 5.45. The average Bonchev–Trinajstić information content (AvgIpc) is 2.81. The number of carbonyl (C=O) groups excluding carboxylic acids is 1. The predicted octanol–water partition coefficient (Wildman–Crippen LogP) is 2.33. The molecule has 0 aliphatic carbocycles. The molecule has 0 amide bonds. The van der Waals surface area contributed by atoms with Crippen LogP contribution in [0.3, 0.4) is 0 Å². The molecule has 32 heavy (non-hydrogen) atoms. The van der Waals surface area contributed by atoms with Crippen molar-refractivity contribution in [2.75, 3.05) is 6.61 Å². The van der Waals surface area contributed by atoms with Crippen molar-refractivity contribution >= 4 is 16.7 Å². The van der Waals surface area contributed by atoms with Gasteiger partial charge in [-0.3, -0.25) is 23.7 Å². The summed E-state index contributed by atoms with van der Waals surface area (Å²) in [6.45, 7) is 1.84. The maximum absolute atomic E-state index is 13.3.